The first-order valence-electron chi connectivity index (χ1n) is 6.21. The second-order valence-corrected chi connectivity index (χ2v) is 4.85. The zero-order valence-electron chi connectivity index (χ0n) is 11.0. The molecular weight excluding hydrogens is 274 g/mol. The van der Waals surface area contributed by atoms with Crippen molar-refractivity contribution in [3.05, 3.63) is 58.6 Å². The molecule has 0 unspecified atom stereocenters. The van der Waals surface area contributed by atoms with Crippen molar-refractivity contribution in [1.29, 1.82) is 5.26 Å². The number of aliphatic hydroxyl groups excluding tert-OH is 1. The van der Waals surface area contributed by atoms with E-state index in [1.165, 1.54) is 0 Å². The van der Waals surface area contributed by atoms with Crippen molar-refractivity contribution < 1.29 is 9.84 Å². The van der Waals surface area contributed by atoms with Gasteiger partial charge in [0.15, 0.2) is 0 Å². The SMILES string of the molecule is C[C@@H](O)c1ccc(Oc2ccc(CC#N)cc2)c(Cl)c1. The summed E-state index contributed by atoms with van der Waals surface area (Å²) < 4.78 is 5.68. The summed E-state index contributed by atoms with van der Waals surface area (Å²) in [4.78, 5) is 0. The van der Waals surface area contributed by atoms with Gasteiger partial charge in [-0.2, -0.15) is 5.26 Å². The maximum absolute atomic E-state index is 9.48. The van der Waals surface area contributed by atoms with E-state index in [4.69, 9.17) is 21.6 Å². The van der Waals surface area contributed by atoms with E-state index in [2.05, 4.69) is 6.07 Å². The minimum atomic E-state index is -0.563. The molecule has 102 valence electrons. The molecule has 2 rings (SSSR count). The molecule has 0 saturated heterocycles. The molecule has 0 saturated carbocycles. The van der Waals surface area contributed by atoms with Crippen LogP contribution >= 0.6 is 11.6 Å². The Hall–Kier alpha value is -2.02. The molecule has 0 spiro atoms. The van der Waals surface area contributed by atoms with Crippen molar-refractivity contribution in [1.82, 2.24) is 0 Å². The molecule has 20 heavy (non-hydrogen) atoms. The Morgan fingerprint density at radius 1 is 1.25 bits per heavy atom. The molecule has 4 heteroatoms. The van der Waals surface area contributed by atoms with E-state index in [-0.39, 0.29) is 0 Å². The van der Waals surface area contributed by atoms with Crippen molar-refractivity contribution in [3.63, 3.8) is 0 Å². The lowest BCUT2D eigenvalue weighted by Gasteiger charge is -2.10. The number of benzene rings is 2. The molecular formula is C16H14ClNO2. The van der Waals surface area contributed by atoms with Crippen LogP contribution in [0, 0.1) is 11.3 Å². The highest BCUT2D eigenvalue weighted by atomic mass is 35.5. The van der Waals surface area contributed by atoms with Crippen molar-refractivity contribution in [2.75, 3.05) is 0 Å². The summed E-state index contributed by atoms with van der Waals surface area (Å²) in [6, 6.07) is 14.6. The Morgan fingerprint density at radius 3 is 2.50 bits per heavy atom. The van der Waals surface area contributed by atoms with Gasteiger partial charge in [-0.05, 0) is 42.3 Å². The second-order valence-electron chi connectivity index (χ2n) is 4.45. The summed E-state index contributed by atoms with van der Waals surface area (Å²) in [6.45, 7) is 1.68. The minimum absolute atomic E-state index is 0.379. The van der Waals surface area contributed by atoms with Gasteiger partial charge in [0.05, 0.1) is 23.6 Å². The lowest BCUT2D eigenvalue weighted by molar-refractivity contribution is 0.199. The van der Waals surface area contributed by atoms with Crippen LogP contribution < -0.4 is 4.74 Å². The van der Waals surface area contributed by atoms with E-state index in [1.54, 1.807) is 37.3 Å². The Kier molecular flexibility index (Phi) is 4.62. The number of nitrogens with zero attached hydrogens (tertiary/aromatic N) is 1. The van der Waals surface area contributed by atoms with E-state index in [0.717, 1.165) is 11.1 Å². The van der Waals surface area contributed by atoms with Gasteiger partial charge in [0.1, 0.15) is 11.5 Å². The first-order valence-corrected chi connectivity index (χ1v) is 6.59. The number of hydrogen-bond donors (Lipinski definition) is 1. The third-order valence-electron chi connectivity index (χ3n) is 2.87. The van der Waals surface area contributed by atoms with Gasteiger partial charge < -0.3 is 9.84 Å². The molecule has 0 fully saturated rings. The predicted molar refractivity (Wildman–Crippen MR) is 77.9 cm³/mol. The average Bonchev–Trinajstić information content (AvgIpc) is 2.43. The Morgan fingerprint density at radius 2 is 1.95 bits per heavy atom. The maximum Gasteiger partial charge on any atom is 0.146 e. The van der Waals surface area contributed by atoms with Crippen LogP contribution in [0.5, 0.6) is 11.5 Å². The molecule has 1 atom stereocenters. The zero-order chi connectivity index (χ0) is 14.5. The smallest absolute Gasteiger partial charge is 0.146 e. The molecule has 0 aliphatic carbocycles. The predicted octanol–water partition coefficient (Wildman–Crippen LogP) is 4.25. The van der Waals surface area contributed by atoms with E-state index >= 15 is 0 Å². The second kappa shape index (κ2) is 6.42. The van der Waals surface area contributed by atoms with E-state index in [0.29, 0.717) is 22.9 Å². The van der Waals surface area contributed by atoms with Crippen molar-refractivity contribution in [3.8, 4) is 17.6 Å². The highest BCUT2D eigenvalue weighted by Crippen LogP contribution is 2.31. The highest BCUT2D eigenvalue weighted by Gasteiger charge is 2.07. The number of nitriles is 1. The van der Waals surface area contributed by atoms with Gasteiger partial charge in [-0.3, -0.25) is 0 Å². The summed E-state index contributed by atoms with van der Waals surface area (Å²) >= 11 is 6.13. The fourth-order valence-electron chi connectivity index (χ4n) is 1.75. The van der Waals surface area contributed by atoms with Crippen LogP contribution in [0.3, 0.4) is 0 Å². The summed E-state index contributed by atoms with van der Waals surface area (Å²) in [6.07, 6.45) is -0.184. The lowest BCUT2D eigenvalue weighted by atomic mass is 10.1. The van der Waals surface area contributed by atoms with Gasteiger partial charge in [0, 0.05) is 0 Å². The molecule has 0 bridgehead atoms. The van der Waals surface area contributed by atoms with Crippen molar-refractivity contribution >= 4 is 11.6 Å². The topological polar surface area (TPSA) is 53.2 Å². The van der Waals surface area contributed by atoms with E-state index in [9.17, 15) is 5.11 Å². The fourth-order valence-corrected chi connectivity index (χ4v) is 1.98. The lowest BCUT2D eigenvalue weighted by Crippen LogP contribution is -1.92. The molecule has 2 aromatic carbocycles. The van der Waals surface area contributed by atoms with E-state index < -0.39 is 6.10 Å². The zero-order valence-corrected chi connectivity index (χ0v) is 11.8. The standard InChI is InChI=1S/C16H14ClNO2/c1-11(19)13-4-7-16(15(17)10-13)20-14-5-2-12(3-6-14)8-9-18/h2-7,10-11,19H,8H2,1H3/t11-/m1/s1. The molecule has 3 nitrogen and oxygen atoms in total. The van der Waals surface area contributed by atoms with Crippen LogP contribution in [0.1, 0.15) is 24.2 Å². The summed E-state index contributed by atoms with van der Waals surface area (Å²) in [7, 11) is 0. The largest absolute Gasteiger partial charge is 0.456 e. The molecule has 0 aliphatic heterocycles. The summed E-state index contributed by atoms with van der Waals surface area (Å²) in [5, 5.41) is 18.5. The number of aliphatic hydroxyl groups is 1. The quantitative estimate of drug-likeness (QED) is 0.914. The van der Waals surface area contributed by atoms with E-state index in [1.807, 2.05) is 12.1 Å². The number of hydrogen-bond acceptors (Lipinski definition) is 3. The van der Waals surface area contributed by atoms with Gasteiger partial charge in [0.2, 0.25) is 0 Å². The van der Waals surface area contributed by atoms with Crippen molar-refractivity contribution in [2.24, 2.45) is 0 Å². The first kappa shape index (κ1) is 14.4. The van der Waals surface area contributed by atoms with Crippen LogP contribution in [-0.4, -0.2) is 5.11 Å². The van der Waals surface area contributed by atoms with Gasteiger partial charge in [0.25, 0.3) is 0 Å². The molecule has 0 heterocycles. The van der Waals surface area contributed by atoms with Crippen LogP contribution in [0.2, 0.25) is 5.02 Å². The van der Waals surface area contributed by atoms with Crippen LogP contribution in [-0.2, 0) is 6.42 Å². The normalized spacial score (nSPS) is 11.7. The van der Waals surface area contributed by atoms with Gasteiger partial charge in [-0.25, -0.2) is 0 Å². The van der Waals surface area contributed by atoms with Gasteiger partial charge >= 0.3 is 0 Å². The number of ether oxygens (including phenoxy) is 1. The Bertz CT molecular complexity index is 630. The third-order valence-corrected chi connectivity index (χ3v) is 3.17. The van der Waals surface area contributed by atoms with Crippen LogP contribution in [0.4, 0.5) is 0 Å². The molecule has 0 amide bonds. The van der Waals surface area contributed by atoms with Gasteiger partial charge in [-0.15, -0.1) is 0 Å². The molecule has 1 N–H and O–H groups in total. The number of halogens is 1. The number of rotatable bonds is 4. The summed E-state index contributed by atoms with van der Waals surface area (Å²) in [5.41, 5.74) is 1.68. The molecule has 2 aromatic rings. The van der Waals surface area contributed by atoms with Crippen LogP contribution in [0.25, 0.3) is 0 Å². The maximum atomic E-state index is 9.48. The Balaban J connectivity index is 2.15. The molecule has 0 aliphatic rings. The van der Waals surface area contributed by atoms with Crippen molar-refractivity contribution in [2.45, 2.75) is 19.4 Å². The molecule has 0 aromatic heterocycles. The summed E-state index contributed by atoms with van der Waals surface area (Å²) in [5.74, 6) is 1.18. The third kappa shape index (κ3) is 3.51. The fraction of sp³-hybridized carbons (Fsp3) is 0.188. The first-order chi connectivity index (χ1) is 9.60. The average molecular weight is 288 g/mol. The minimum Gasteiger partial charge on any atom is -0.456 e. The van der Waals surface area contributed by atoms with Gasteiger partial charge in [-0.1, -0.05) is 29.8 Å². The highest BCUT2D eigenvalue weighted by molar-refractivity contribution is 6.32. The van der Waals surface area contributed by atoms with Crippen LogP contribution in [0.15, 0.2) is 42.5 Å². The monoisotopic (exact) mass is 287 g/mol. The Labute approximate surface area is 123 Å². The molecule has 0 radical (unpaired) electrons.